The molecule has 1 aliphatic rings. The number of benzene rings is 1. The largest absolute Gasteiger partial charge is 0.462 e. The predicted octanol–water partition coefficient (Wildman–Crippen LogP) is -0.318. The van der Waals surface area contributed by atoms with Crippen LogP contribution in [-0.4, -0.2) is 30.8 Å². The van der Waals surface area contributed by atoms with E-state index in [1.54, 1.807) is 0 Å². The molecule has 0 saturated carbocycles. The normalized spacial score (nSPS) is 12.7. The lowest BCUT2D eigenvalue weighted by Gasteiger charge is -2.04. The molecule has 0 saturated heterocycles. The number of nitrogens with one attached hydrogen (secondary N) is 2. The zero-order valence-electron chi connectivity index (χ0n) is 9.27. The molecule has 0 bridgehead atoms. The van der Waals surface area contributed by atoms with Crippen LogP contribution in [0, 0.1) is 0 Å². The minimum atomic E-state index is -1.05. The smallest absolute Gasteiger partial charge is 0.396 e. The van der Waals surface area contributed by atoms with Gasteiger partial charge >= 0.3 is 11.9 Å². The van der Waals surface area contributed by atoms with Gasteiger partial charge in [-0.25, -0.2) is 4.79 Å². The minimum absolute atomic E-state index is 0.155. The second kappa shape index (κ2) is 4.28. The van der Waals surface area contributed by atoms with Gasteiger partial charge in [0.1, 0.15) is 0 Å². The van der Waals surface area contributed by atoms with Crippen LogP contribution in [0.25, 0.3) is 0 Å². The lowest BCUT2D eigenvalue weighted by Crippen LogP contribution is -2.24. The third kappa shape index (κ3) is 1.93. The van der Waals surface area contributed by atoms with Crippen molar-refractivity contribution in [2.45, 2.75) is 0 Å². The van der Waals surface area contributed by atoms with Gasteiger partial charge < -0.3 is 10.1 Å². The number of methoxy groups -OCH3 is 1. The Bertz CT molecular complexity index is 579. The maximum atomic E-state index is 11.4. The number of carbonyl (C=O) groups excluding carboxylic acids is 4. The molecule has 0 radical (unpaired) electrons. The molecule has 3 amide bonds. The summed E-state index contributed by atoms with van der Waals surface area (Å²) < 4.78 is 4.23. The summed E-state index contributed by atoms with van der Waals surface area (Å²) in [6, 6.07) is 4.12. The average Bonchev–Trinajstić information content (AvgIpc) is 2.63. The van der Waals surface area contributed by atoms with Gasteiger partial charge in [-0.1, -0.05) is 0 Å². The number of imide groups is 1. The van der Waals surface area contributed by atoms with Gasteiger partial charge in [0.15, 0.2) is 0 Å². The van der Waals surface area contributed by atoms with Gasteiger partial charge in [-0.3, -0.25) is 19.7 Å². The summed E-state index contributed by atoms with van der Waals surface area (Å²) in [4.78, 5) is 44.8. The Hall–Kier alpha value is -2.70. The third-order valence-corrected chi connectivity index (χ3v) is 2.36. The maximum Gasteiger partial charge on any atom is 0.396 e. The molecule has 0 unspecified atom stereocenters. The fourth-order valence-electron chi connectivity index (χ4n) is 1.52. The number of anilines is 1. The van der Waals surface area contributed by atoms with Crippen molar-refractivity contribution in [2.24, 2.45) is 0 Å². The quantitative estimate of drug-likeness (QED) is 0.403. The van der Waals surface area contributed by atoms with E-state index < -0.39 is 23.7 Å². The van der Waals surface area contributed by atoms with Crippen molar-refractivity contribution in [3.63, 3.8) is 0 Å². The molecule has 2 N–H and O–H groups in total. The van der Waals surface area contributed by atoms with E-state index in [0.29, 0.717) is 0 Å². The predicted molar refractivity (Wildman–Crippen MR) is 58.9 cm³/mol. The Kier molecular flexibility index (Phi) is 2.80. The average molecular weight is 248 g/mol. The van der Waals surface area contributed by atoms with Crippen LogP contribution >= 0.6 is 0 Å². The molecular weight excluding hydrogens is 240 g/mol. The van der Waals surface area contributed by atoms with E-state index in [-0.39, 0.29) is 16.8 Å². The highest BCUT2D eigenvalue weighted by molar-refractivity contribution is 6.37. The van der Waals surface area contributed by atoms with E-state index in [9.17, 15) is 19.2 Å². The van der Waals surface area contributed by atoms with Gasteiger partial charge in [-0.05, 0) is 18.2 Å². The summed E-state index contributed by atoms with van der Waals surface area (Å²) in [6.45, 7) is 0. The first-order valence-electron chi connectivity index (χ1n) is 4.92. The van der Waals surface area contributed by atoms with Gasteiger partial charge in [-0.2, -0.15) is 0 Å². The van der Waals surface area contributed by atoms with Gasteiger partial charge in [0, 0.05) is 5.69 Å². The van der Waals surface area contributed by atoms with Gasteiger partial charge in [0.25, 0.3) is 11.8 Å². The topological polar surface area (TPSA) is 102 Å². The van der Waals surface area contributed by atoms with Crippen LogP contribution in [-0.2, 0) is 14.3 Å². The molecule has 0 atom stereocenters. The monoisotopic (exact) mass is 248 g/mol. The van der Waals surface area contributed by atoms with Crippen LogP contribution in [0.2, 0.25) is 0 Å². The number of rotatable bonds is 1. The zero-order chi connectivity index (χ0) is 13.3. The molecule has 0 spiro atoms. The first-order valence-corrected chi connectivity index (χ1v) is 4.92. The number of esters is 1. The lowest BCUT2D eigenvalue weighted by molar-refractivity contribution is -0.150. The van der Waals surface area contributed by atoms with Gasteiger partial charge in [0.05, 0.1) is 18.2 Å². The first-order chi connectivity index (χ1) is 8.52. The Morgan fingerprint density at radius 3 is 2.50 bits per heavy atom. The van der Waals surface area contributed by atoms with Gasteiger partial charge in [-0.15, -0.1) is 0 Å². The van der Waals surface area contributed by atoms with Crippen LogP contribution in [0.1, 0.15) is 20.7 Å². The maximum absolute atomic E-state index is 11.4. The lowest BCUT2D eigenvalue weighted by atomic mass is 10.1. The van der Waals surface area contributed by atoms with Crippen molar-refractivity contribution >= 4 is 29.4 Å². The highest BCUT2D eigenvalue weighted by Crippen LogP contribution is 2.20. The molecule has 0 fully saturated rings. The van der Waals surface area contributed by atoms with E-state index in [4.69, 9.17) is 0 Å². The summed E-state index contributed by atoms with van der Waals surface area (Å²) in [6.07, 6.45) is 0. The van der Waals surface area contributed by atoms with Crippen LogP contribution < -0.4 is 10.6 Å². The summed E-state index contributed by atoms with van der Waals surface area (Å²) >= 11 is 0. The van der Waals surface area contributed by atoms with E-state index in [0.717, 1.165) is 7.11 Å². The number of amides is 3. The van der Waals surface area contributed by atoms with E-state index in [1.165, 1.54) is 18.2 Å². The molecule has 1 heterocycles. The fraction of sp³-hybridized carbons (Fsp3) is 0.0909. The molecule has 7 heteroatoms. The Balaban J connectivity index is 2.25. The Morgan fingerprint density at radius 1 is 1.17 bits per heavy atom. The first kappa shape index (κ1) is 11.8. The molecule has 0 aromatic heterocycles. The van der Waals surface area contributed by atoms with Crippen molar-refractivity contribution in [3.8, 4) is 0 Å². The highest BCUT2D eigenvalue weighted by atomic mass is 16.5. The molecule has 1 aromatic rings. The minimum Gasteiger partial charge on any atom is -0.462 e. The standard InChI is InChI=1S/C11H8N2O5/c1-18-11(17)10(16)12-5-2-3-6-7(4-5)9(15)13-8(6)14/h2-4H,1H3,(H,12,16)(H,13,14,15). The van der Waals surface area contributed by atoms with Crippen LogP contribution in [0.5, 0.6) is 0 Å². The highest BCUT2D eigenvalue weighted by Gasteiger charge is 2.27. The Labute approximate surface area is 101 Å². The summed E-state index contributed by atoms with van der Waals surface area (Å²) in [5.41, 5.74) is 0.618. The van der Waals surface area contributed by atoms with E-state index in [2.05, 4.69) is 15.4 Å². The Morgan fingerprint density at radius 2 is 1.83 bits per heavy atom. The zero-order valence-corrected chi connectivity index (χ0v) is 9.27. The number of carbonyl (C=O) groups is 4. The molecular formula is C11H8N2O5. The second-order valence-electron chi connectivity index (χ2n) is 3.49. The fourth-order valence-corrected chi connectivity index (χ4v) is 1.52. The van der Waals surface area contributed by atoms with Crippen LogP contribution in [0.15, 0.2) is 18.2 Å². The summed E-state index contributed by atoms with van der Waals surface area (Å²) in [7, 11) is 1.08. The van der Waals surface area contributed by atoms with Crippen LogP contribution in [0.4, 0.5) is 5.69 Å². The molecule has 18 heavy (non-hydrogen) atoms. The number of hydrogen-bond acceptors (Lipinski definition) is 5. The van der Waals surface area contributed by atoms with Gasteiger partial charge in [0.2, 0.25) is 0 Å². The van der Waals surface area contributed by atoms with E-state index in [1.807, 2.05) is 0 Å². The van der Waals surface area contributed by atoms with Crippen molar-refractivity contribution in [1.29, 1.82) is 0 Å². The second-order valence-corrected chi connectivity index (χ2v) is 3.49. The molecule has 0 aliphatic carbocycles. The molecule has 1 aromatic carbocycles. The summed E-state index contributed by atoms with van der Waals surface area (Å²) in [5, 5.41) is 4.37. The number of ether oxygens (including phenoxy) is 1. The third-order valence-electron chi connectivity index (χ3n) is 2.36. The van der Waals surface area contributed by atoms with Crippen molar-refractivity contribution in [1.82, 2.24) is 5.32 Å². The summed E-state index contributed by atoms with van der Waals surface area (Å²) in [5.74, 6) is -3.02. The molecule has 2 rings (SSSR count). The molecule has 1 aliphatic heterocycles. The van der Waals surface area contributed by atoms with Crippen LogP contribution in [0.3, 0.4) is 0 Å². The molecule has 92 valence electrons. The molecule has 7 nitrogen and oxygen atoms in total. The van der Waals surface area contributed by atoms with Crippen molar-refractivity contribution < 1.29 is 23.9 Å². The van der Waals surface area contributed by atoms with Crippen molar-refractivity contribution in [3.05, 3.63) is 29.3 Å². The van der Waals surface area contributed by atoms with Crippen molar-refractivity contribution in [2.75, 3.05) is 12.4 Å². The SMILES string of the molecule is COC(=O)C(=O)Nc1ccc2c(c1)C(=O)NC2=O. The number of fused-ring (bicyclic) bond motifs is 1. The number of hydrogen-bond donors (Lipinski definition) is 2. The van der Waals surface area contributed by atoms with E-state index >= 15 is 0 Å².